The monoisotopic (exact) mass is 336 g/mol. The number of rotatable bonds is 4. The fourth-order valence-corrected chi connectivity index (χ4v) is 3.47. The van der Waals surface area contributed by atoms with Gasteiger partial charge in [0.1, 0.15) is 17.7 Å². The lowest BCUT2D eigenvalue weighted by atomic mass is 10.1. The molecule has 134 valence electrons. The topological polar surface area (TPSA) is 75.5 Å². The molecule has 2 aliphatic rings. The maximum atomic E-state index is 12.6. The third kappa shape index (κ3) is 3.76. The summed E-state index contributed by atoms with van der Waals surface area (Å²) in [6.07, 6.45) is 0. The molecule has 8 heteroatoms. The minimum atomic E-state index is -0.173. The number of nitrogens with one attached hydrogen (secondary N) is 1. The van der Waals surface area contributed by atoms with Gasteiger partial charge in [-0.15, -0.1) is 10.2 Å². The molecular formula is C16H28N6O2. The van der Waals surface area contributed by atoms with Crippen LogP contribution in [-0.2, 0) is 22.6 Å². The Kier molecular flexibility index (Phi) is 4.89. The molecule has 1 amide bonds. The second kappa shape index (κ2) is 6.78. The molecule has 1 saturated heterocycles. The van der Waals surface area contributed by atoms with Crippen LogP contribution in [0.2, 0.25) is 0 Å². The van der Waals surface area contributed by atoms with Gasteiger partial charge in [-0.05, 0) is 27.8 Å². The van der Waals surface area contributed by atoms with Crippen LogP contribution in [-0.4, -0.2) is 81.9 Å². The van der Waals surface area contributed by atoms with E-state index in [1.54, 1.807) is 0 Å². The Morgan fingerprint density at radius 2 is 2.21 bits per heavy atom. The Morgan fingerprint density at radius 1 is 1.42 bits per heavy atom. The fourth-order valence-electron chi connectivity index (χ4n) is 3.47. The number of ether oxygens (including phenoxy) is 1. The van der Waals surface area contributed by atoms with Crippen molar-refractivity contribution in [1.29, 1.82) is 0 Å². The Labute approximate surface area is 143 Å². The first kappa shape index (κ1) is 17.3. The van der Waals surface area contributed by atoms with E-state index in [1.807, 2.05) is 23.4 Å². The summed E-state index contributed by atoms with van der Waals surface area (Å²) >= 11 is 0. The first-order valence-electron chi connectivity index (χ1n) is 8.59. The van der Waals surface area contributed by atoms with Crippen molar-refractivity contribution in [3.05, 3.63) is 11.6 Å². The van der Waals surface area contributed by atoms with Gasteiger partial charge in [0, 0.05) is 26.2 Å². The Morgan fingerprint density at radius 3 is 2.96 bits per heavy atom. The van der Waals surface area contributed by atoms with Crippen molar-refractivity contribution in [2.45, 2.75) is 45.5 Å². The summed E-state index contributed by atoms with van der Waals surface area (Å²) in [5.41, 5.74) is -0.103. The highest BCUT2D eigenvalue weighted by Crippen LogP contribution is 2.17. The predicted octanol–water partition coefficient (Wildman–Crippen LogP) is -0.372. The van der Waals surface area contributed by atoms with Gasteiger partial charge in [0.15, 0.2) is 0 Å². The molecule has 3 heterocycles. The largest absolute Gasteiger partial charge is 0.373 e. The quantitative estimate of drug-likeness (QED) is 0.808. The summed E-state index contributed by atoms with van der Waals surface area (Å²) in [6, 6.07) is -0.173. The smallest absolute Gasteiger partial charge is 0.239 e. The number of nitrogens with zero attached hydrogens (tertiary/aromatic N) is 5. The zero-order valence-electron chi connectivity index (χ0n) is 15.1. The molecule has 0 spiro atoms. The Bertz CT molecular complexity index is 599. The van der Waals surface area contributed by atoms with Crippen molar-refractivity contribution >= 4 is 5.91 Å². The molecule has 24 heavy (non-hydrogen) atoms. The van der Waals surface area contributed by atoms with Crippen LogP contribution in [0.15, 0.2) is 0 Å². The minimum Gasteiger partial charge on any atom is -0.373 e. The number of carbonyl (C=O) groups excluding carboxylic acids is 1. The molecule has 0 radical (unpaired) electrons. The first-order valence-corrected chi connectivity index (χ1v) is 8.59. The molecule has 3 rings (SSSR count). The molecule has 1 atom stereocenters. The molecular weight excluding hydrogens is 308 g/mol. The van der Waals surface area contributed by atoms with Gasteiger partial charge in [-0.1, -0.05) is 0 Å². The van der Waals surface area contributed by atoms with Crippen molar-refractivity contribution in [1.82, 2.24) is 29.9 Å². The lowest BCUT2D eigenvalue weighted by Crippen LogP contribution is -2.53. The van der Waals surface area contributed by atoms with Crippen LogP contribution in [0.25, 0.3) is 0 Å². The number of hydrogen-bond acceptors (Lipinski definition) is 6. The van der Waals surface area contributed by atoms with E-state index in [-0.39, 0.29) is 17.6 Å². The number of fused-ring (bicyclic) bond motifs is 1. The van der Waals surface area contributed by atoms with E-state index < -0.39 is 0 Å². The third-order valence-electron chi connectivity index (χ3n) is 4.83. The zero-order chi connectivity index (χ0) is 17.3. The van der Waals surface area contributed by atoms with E-state index in [0.29, 0.717) is 19.6 Å². The lowest BCUT2D eigenvalue weighted by molar-refractivity contribution is -0.127. The van der Waals surface area contributed by atoms with Gasteiger partial charge in [-0.25, -0.2) is 0 Å². The number of likely N-dealkylation sites (N-methyl/N-ethyl adjacent to an activating group) is 1. The molecule has 1 fully saturated rings. The zero-order valence-corrected chi connectivity index (χ0v) is 15.1. The van der Waals surface area contributed by atoms with Gasteiger partial charge in [-0.2, -0.15) is 0 Å². The van der Waals surface area contributed by atoms with Crippen molar-refractivity contribution in [3.8, 4) is 0 Å². The average Bonchev–Trinajstić information content (AvgIpc) is 2.86. The van der Waals surface area contributed by atoms with Crippen LogP contribution < -0.4 is 5.32 Å². The third-order valence-corrected chi connectivity index (χ3v) is 4.83. The van der Waals surface area contributed by atoms with E-state index >= 15 is 0 Å². The normalized spacial score (nSPS) is 24.6. The molecule has 0 aromatic carbocycles. The highest BCUT2D eigenvalue weighted by molar-refractivity contribution is 5.81. The Balaban J connectivity index is 1.49. The number of aromatic nitrogens is 3. The summed E-state index contributed by atoms with van der Waals surface area (Å²) in [5.74, 6) is 1.87. The molecule has 0 saturated carbocycles. The SMILES string of the molecule is Cc1nnc2n1CC(C(=O)NCCN1CCOC(C)(C)C1)N(C)C2. The molecule has 0 bridgehead atoms. The van der Waals surface area contributed by atoms with Gasteiger partial charge < -0.3 is 14.6 Å². The van der Waals surface area contributed by atoms with Crippen molar-refractivity contribution in [2.24, 2.45) is 0 Å². The van der Waals surface area contributed by atoms with Crippen molar-refractivity contribution < 1.29 is 9.53 Å². The van der Waals surface area contributed by atoms with Crippen LogP contribution >= 0.6 is 0 Å². The van der Waals surface area contributed by atoms with E-state index in [0.717, 1.165) is 37.9 Å². The highest BCUT2D eigenvalue weighted by Gasteiger charge is 2.31. The summed E-state index contributed by atoms with van der Waals surface area (Å²) in [5, 5.41) is 11.3. The molecule has 0 aliphatic carbocycles. The first-order chi connectivity index (χ1) is 11.4. The molecule has 2 aliphatic heterocycles. The Hall–Kier alpha value is -1.51. The summed E-state index contributed by atoms with van der Waals surface area (Å²) < 4.78 is 7.76. The number of morpholine rings is 1. The van der Waals surface area contributed by atoms with Crippen LogP contribution in [0.1, 0.15) is 25.5 Å². The van der Waals surface area contributed by atoms with E-state index in [2.05, 4.69) is 34.3 Å². The lowest BCUT2D eigenvalue weighted by Gasteiger charge is -2.38. The van der Waals surface area contributed by atoms with Gasteiger partial charge in [0.05, 0.1) is 25.3 Å². The number of hydrogen-bond donors (Lipinski definition) is 1. The van der Waals surface area contributed by atoms with E-state index in [9.17, 15) is 4.79 Å². The molecule has 1 unspecified atom stereocenters. The van der Waals surface area contributed by atoms with Crippen molar-refractivity contribution in [2.75, 3.05) is 39.8 Å². The maximum absolute atomic E-state index is 12.6. The second-order valence-corrected chi connectivity index (χ2v) is 7.38. The van der Waals surface area contributed by atoms with Gasteiger partial charge in [0.2, 0.25) is 5.91 Å². The van der Waals surface area contributed by atoms with Gasteiger partial charge >= 0.3 is 0 Å². The number of amides is 1. The number of carbonyl (C=O) groups is 1. The van der Waals surface area contributed by atoms with E-state index in [1.165, 1.54) is 0 Å². The predicted molar refractivity (Wildman–Crippen MR) is 89.5 cm³/mol. The van der Waals surface area contributed by atoms with Crippen LogP contribution in [0, 0.1) is 6.92 Å². The number of aryl methyl sites for hydroxylation is 1. The fraction of sp³-hybridized carbons (Fsp3) is 0.812. The summed E-state index contributed by atoms with van der Waals surface area (Å²) in [6.45, 7) is 11.5. The van der Waals surface area contributed by atoms with Gasteiger partial charge in [0.25, 0.3) is 0 Å². The highest BCUT2D eigenvalue weighted by atomic mass is 16.5. The molecule has 1 aromatic rings. The second-order valence-electron chi connectivity index (χ2n) is 7.38. The minimum absolute atomic E-state index is 0.0729. The van der Waals surface area contributed by atoms with Crippen molar-refractivity contribution in [3.63, 3.8) is 0 Å². The van der Waals surface area contributed by atoms with Gasteiger partial charge in [-0.3, -0.25) is 14.6 Å². The van der Waals surface area contributed by atoms with Crippen LogP contribution in [0.4, 0.5) is 0 Å². The maximum Gasteiger partial charge on any atom is 0.239 e. The average molecular weight is 336 g/mol. The summed E-state index contributed by atoms with van der Waals surface area (Å²) in [4.78, 5) is 17.0. The van der Waals surface area contributed by atoms with E-state index in [4.69, 9.17) is 4.74 Å². The van der Waals surface area contributed by atoms with Crippen LogP contribution in [0.5, 0.6) is 0 Å². The summed E-state index contributed by atoms with van der Waals surface area (Å²) in [7, 11) is 1.96. The molecule has 1 aromatic heterocycles. The van der Waals surface area contributed by atoms with Crippen LogP contribution in [0.3, 0.4) is 0 Å². The molecule has 8 nitrogen and oxygen atoms in total. The molecule has 1 N–H and O–H groups in total. The standard InChI is InChI=1S/C16H28N6O2/c1-12-18-19-14-10-20(4)13(9-22(12)14)15(23)17-5-6-21-7-8-24-16(2,3)11-21/h13H,5-11H2,1-4H3,(H,17,23).